The van der Waals surface area contributed by atoms with Gasteiger partial charge >= 0.3 is 0 Å². The second kappa shape index (κ2) is 10.2. The molecule has 0 saturated heterocycles. The Bertz CT molecular complexity index is 880. The normalized spacial score (nSPS) is 11.0. The van der Waals surface area contributed by atoms with Gasteiger partial charge in [0.2, 0.25) is 5.13 Å². The van der Waals surface area contributed by atoms with Crippen LogP contribution in [0.3, 0.4) is 0 Å². The van der Waals surface area contributed by atoms with E-state index in [1.165, 1.54) is 24.2 Å². The highest BCUT2D eigenvalue weighted by molar-refractivity contribution is 9.10. The van der Waals surface area contributed by atoms with Crippen LogP contribution in [0, 0.1) is 0 Å². The van der Waals surface area contributed by atoms with Crippen LogP contribution in [-0.2, 0) is 0 Å². The average Bonchev–Trinajstić information content (AvgIpc) is 3.16. The molecule has 140 valence electrons. The molecule has 4 nitrogen and oxygen atoms in total. The predicted molar refractivity (Wildman–Crippen MR) is 118 cm³/mol. The van der Waals surface area contributed by atoms with Crippen LogP contribution in [0.25, 0.3) is 11.3 Å². The maximum absolute atomic E-state index is 5.91. The number of ether oxygens (including phenoxy) is 1. The van der Waals surface area contributed by atoms with E-state index in [2.05, 4.69) is 38.4 Å². The lowest BCUT2D eigenvalue weighted by atomic mass is 10.2. The smallest absolute Gasteiger partial charge is 0.203 e. The monoisotopic (exact) mass is 443 g/mol. The topological polar surface area (TPSA) is 46.5 Å². The van der Waals surface area contributed by atoms with Gasteiger partial charge in [-0.2, -0.15) is 5.10 Å². The molecule has 0 aliphatic rings. The molecule has 1 aromatic heterocycles. The van der Waals surface area contributed by atoms with Crippen molar-refractivity contribution in [1.82, 2.24) is 4.98 Å². The Kier molecular flexibility index (Phi) is 7.42. The largest absolute Gasteiger partial charge is 0.493 e. The minimum Gasteiger partial charge on any atom is -0.493 e. The number of hydrazone groups is 1. The molecule has 2 aromatic carbocycles. The van der Waals surface area contributed by atoms with Crippen LogP contribution < -0.4 is 10.2 Å². The van der Waals surface area contributed by atoms with E-state index in [0.717, 1.165) is 45.2 Å². The molecule has 0 spiro atoms. The molecule has 3 aromatic rings. The van der Waals surface area contributed by atoms with Crippen LogP contribution in [-0.4, -0.2) is 17.8 Å². The molecule has 0 atom stereocenters. The van der Waals surface area contributed by atoms with Gasteiger partial charge in [-0.05, 0) is 24.6 Å². The molecule has 0 bridgehead atoms. The van der Waals surface area contributed by atoms with Crippen molar-refractivity contribution in [2.45, 2.75) is 26.2 Å². The van der Waals surface area contributed by atoms with E-state index in [1.54, 1.807) is 6.21 Å². The van der Waals surface area contributed by atoms with Crippen molar-refractivity contribution in [1.29, 1.82) is 0 Å². The number of anilines is 1. The van der Waals surface area contributed by atoms with Gasteiger partial charge in [0.15, 0.2) is 0 Å². The number of thiazole rings is 1. The Hall–Kier alpha value is -2.18. The first kappa shape index (κ1) is 19.6. The zero-order valence-electron chi connectivity index (χ0n) is 15.2. The predicted octanol–water partition coefficient (Wildman–Crippen LogP) is 6.59. The van der Waals surface area contributed by atoms with Crippen LogP contribution >= 0.6 is 27.3 Å². The first-order chi connectivity index (χ1) is 13.3. The summed E-state index contributed by atoms with van der Waals surface area (Å²) < 4.78 is 6.90. The van der Waals surface area contributed by atoms with E-state index in [-0.39, 0.29) is 0 Å². The first-order valence-electron chi connectivity index (χ1n) is 8.98. The van der Waals surface area contributed by atoms with Gasteiger partial charge in [0.1, 0.15) is 5.75 Å². The molecule has 0 radical (unpaired) electrons. The van der Waals surface area contributed by atoms with E-state index in [9.17, 15) is 0 Å². The lowest BCUT2D eigenvalue weighted by molar-refractivity contribution is 0.306. The molecule has 6 heteroatoms. The first-order valence-corrected chi connectivity index (χ1v) is 10.7. The van der Waals surface area contributed by atoms with Crippen molar-refractivity contribution in [2.75, 3.05) is 12.0 Å². The van der Waals surface area contributed by atoms with Crippen molar-refractivity contribution >= 4 is 38.6 Å². The summed E-state index contributed by atoms with van der Waals surface area (Å²) in [5, 5.41) is 7.11. The van der Waals surface area contributed by atoms with Crippen molar-refractivity contribution in [3.63, 3.8) is 0 Å². The Labute approximate surface area is 172 Å². The maximum atomic E-state index is 5.91. The van der Waals surface area contributed by atoms with Gasteiger partial charge in [-0.1, -0.05) is 66.0 Å². The minimum absolute atomic E-state index is 0.719. The zero-order chi connectivity index (χ0) is 18.9. The maximum Gasteiger partial charge on any atom is 0.203 e. The molecular formula is C21H22BrN3OS. The minimum atomic E-state index is 0.719. The van der Waals surface area contributed by atoms with E-state index in [0.29, 0.717) is 0 Å². The lowest BCUT2D eigenvalue weighted by Gasteiger charge is -2.09. The summed E-state index contributed by atoms with van der Waals surface area (Å²) in [6.45, 7) is 2.90. The Balaban J connectivity index is 1.64. The third kappa shape index (κ3) is 5.91. The highest BCUT2D eigenvalue weighted by Crippen LogP contribution is 2.25. The van der Waals surface area contributed by atoms with E-state index < -0.39 is 0 Å². The standard InChI is InChI=1S/C21H22BrN3OS/c1-2-3-7-12-26-20-11-10-18(22)13-17(20)14-23-25-21-24-19(15-27-21)16-8-5-4-6-9-16/h4-6,8-11,13-15H,2-3,7,12H2,1H3,(H,24,25). The van der Waals surface area contributed by atoms with Gasteiger partial charge < -0.3 is 4.74 Å². The summed E-state index contributed by atoms with van der Waals surface area (Å²) in [6, 6.07) is 16.1. The molecule has 1 heterocycles. The molecule has 3 rings (SSSR count). The number of nitrogens with zero attached hydrogens (tertiary/aromatic N) is 2. The van der Waals surface area contributed by atoms with Crippen molar-refractivity contribution in [3.05, 3.63) is 63.9 Å². The molecule has 0 aliphatic carbocycles. The van der Waals surface area contributed by atoms with Gasteiger partial charge in [-0.25, -0.2) is 4.98 Å². The molecular weight excluding hydrogens is 422 g/mol. The fourth-order valence-electron chi connectivity index (χ4n) is 2.51. The number of halogens is 1. The highest BCUT2D eigenvalue weighted by Gasteiger charge is 2.05. The molecule has 27 heavy (non-hydrogen) atoms. The number of benzene rings is 2. The number of hydrogen-bond donors (Lipinski definition) is 1. The molecule has 0 saturated carbocycles. The van der Waals surface area contributed by atoms with Gasteiger partial charge in [0.05, 0.1) is 18.5 Å². The lowest BCUT2D eigenvalue weighted by Crippen LogP contribution is -2.00. The van der Waals surface area contributed by atoms with Crippen molar-refractivity contribution in [3.8, 4) is 17.0 Å². The molecule has 0 unspecified atom stereocenters. The SMILES string of the molecule is CCCCCOc1ccc(Br)cc1C=NNc1nc(-c2ccccc2)cs1. The second-order valence-electron chi connectivity index (χ2n) is 6.01. The van der Waals surface area contributed by atoms with Crippen LogP contribution in [0.15, 0.2) is 63.5 Å². The van der Waals surface area contributed by atoms with Gasteiger partial charge in [-0.3, -0.25) is 5.43 Å². The third-order valence-electron chi connectivity index (χ3n) is 3.91. The van der Waals surface area contributed by atoms with E-state index in [1.807, 2.05) is 53.9 Å². The van der Waals surface area contributed by atoms with E-state index in [4.69, 9.17) is 4.74 Å². The summed E-state index contributed by atoms with van der Waals surface area (Å²) in [5.41, 5.74) is 5.98. The highest BCUT2D eigenvalue weighted by atomic mass is 79.9. The van der Waals surface area contributed by atoms with Crippen LogP contribution in [0.5, 0.6) is 5.75 Å². The third-order valence-corrected chi connectivity index (χ3v) is 5.16. The molecule has 0 amide bonds. The fourth-order valence-corrected chi connectivity index (χ4v) is 3.56. The zero-order valence-corrected chi connectivity index (χ0v) is 17.6. The number of unbranched alkanes of at least 4 members (excludes halogenated alkanes) is 2. The Morgan fingerprint density at radius 3 is 2.85 bits per heavy atom. The van der Waals surface area contributed by atoms with Gasteiger partial charge in [0, 0.05) is 21.0 Å². The summed E-state index contributed by atoms with van der Waals surface area (Å²) in [7, 11) is 0. The fraction of sp³-hybridized carbons (Fsp3) is 0.238. The van der Waals surface area contributed by atoms with Crippen molar-refractivity contribution < 1.29 is 4.74 Å². The number of nitrogens with one attached hydrogen (secondary N) is 1. The summed E-state index contributed by atoms with van der Waals surface area (Å²) in [4.78, 5) is 4.57. The van der Waals surface area contributed by atoms with Crippen LogP contribution in [0.2, 0.25) is 0 Å². The average molecular weight is 444 g/mol. The van der Waals surface area contributed by atoms with Gasteiger partial charge in [-0.15, -0.1) is 11.3 Å². The Morgan fingerprint density at radius 2 is 2.04 bits per heavy atom. The number of rotatable bonds is 9. The molecule has 0 aliphatic heterocycles. The number of aromatic nitrogens is 1. The Morgan fingerprint density at radius 1 is 1.19 bits per heavy atom. The second-order valence-corrected chi connectivity index (χ2v) is 7.79. The van der Waals surface area contributed by atoms with Gasteiger partial charge in [0.25, 0.3) is 0 Å². The summed E-state index contributed by atoms with van der Waals surface area (Å²) in [5.74, 6) is 0.837. The van der Waals surface area contributed by atoms with E-state index >= 15 is 0 Å². The molecule has 1 N–H and O–H groups in total. The quantitative estimate of drug-likeness (QED) is 0.230. The molecule has 0 fully saturated rings. The summed E-state index contributed by atoms with van der Waals surface area (Å²) >= 11 is 5.04. The van der Waals surface area contributed by atoms with Crippen LogP contribution in [0.4, 0.5) is 5.13 Å². The van der Waals surface area contributed by atoms with Crippen molar-refractivity contribution in [2.24, 2.45) is 5.10 Å². The summed E-state index contributed by atoms with van der Waals surface area (Å²) in [6.07, 6.45) is 5.18. The van der Waals surface area contributed by atoms with Crippen LogP contribution in [0.1, 0.15) is 31.7 Å². The number of hydrogen-bond acceptors (Lipinski definition) is 5.